The predicted octanol–water partition coefficient (Wildman–Crippen LogP) is 4.34. The number of aromatic nitrogens is 1. The summed E-state index contributed by atoms with van der Waals surface area (Å²) in [5.41, 5.74) is 2.62. The third-order valence-electron chi connectivity index (χ3n) is 8.91. The molecule has 2 aliphatic carbocycles. The van der Waals surface area contributed by atoms with E-state index in [0.717, 1.165) is 37.8 Å². The summed E-state index contributed by atoms with van der Waals surface area (Å²) in [6, 6.07) is 5.69. The first-order valence-corrected chi connectivity index (χ1v) is 12.3. The Morgan fingerprint density at radius 2 is 2.06 bits per heavy atom. The number of carbonyl (C=O) groups is 2. The van der Waals surface area contributed by atoms with Crippen molar-refractivity contribution in [3.63, 3.8) is 0 Å². The second-order valence-corrected chi connectivity index (χ2v) is 10.7. The number of esters is 1. The van der Waals surface area contributed by atoms with Crippen LogP contribution >= 0.6 is 0 Å². The molecule has 2 aliphatic heterocycles. The number of pyridine rings is 1. The molecule has 0 aromatic carbocycles. The van der Waals surface area contributed by atoms with Gasteiger partial charge < -0.3 is 19.5 Å². The third kappa shape index (κ3) is 3.94. The third-order valence-corrected chi connectivity index (χ3v) is 8.91. The molecule has 3 heterocycles. The van der Waals surface area contributed by atoms with E-state index in [1.807, 2.05) is 24.3 Å². The Labute approximate surface area is 200 Å². The van der Waals surface area contributed by atoms with Crippen LogP contribution in [0, 0.1) is 22.7 Å². The van der Waals surface area contributed by atoms with E-state index >= 15 is 0 Å². The van der Waals surface area contributed by atoms with Crippen molar-refractivity contribution in [3.8, 4) is 0 Å². The maximum absolute atomic E-state index is 12.5. The number of rotatable bonds is 6. The number of carbonyl (C=O) groups excluding carboxylic acids is 2. The number of fused-ring (bicyclic) bond motifs is 3. The van der Waals surface area contributed by atoms with Crippen LogP contribution in [0.3, 0.4) is 0 Å². The van der Waals surface area contributed by atoms with Crippen LogP contribution in [-0.2, 0) is 25.5 Å². The minimum Gasteiger partial charge on any atom is -0.458 e. The van der Waals surface area contributed by atoms with Crippen molar-refractivity contribution in [1.29, 1.82) is 0 Å². The molecular formula is C27H34N2O5. The van der Waals surface area contributed by atoms with Gasteiger partial charge in [0.25, 0.3) is 0 Å². The fourth-order valence-electron chi connectivity index (χ4n) is 7.10. The Morgan fingerprint density at radius 1 is 1.21 bits per heavy atom. The molecule has 3 fully saturated rings. The summed E-state index contributed by atoms with van der Waals surface area (Å²) >= 11 is 0. The van der Waals surface area contributed by atoms with Crippen LogP contribution in [0.4, 0.5) is 4.79 Å². The van der Waals surface area contributed by atoms with Crippen molar-refractivity contribution in [1.82, 2.24) is 10.3 Å². The zero-order chi connectivity index (χ0) is 23.9. The van der Waals surface area contributed by atoms with Gasteiger partial charge in [-0.05, 0) is 67.6 Å². The molecule has 0 bridgehead atoms. The first kappa shape index (κ1) is 23.1. The quantitative estimate of drug-likeness (QED) is 0.493. The molecule has 1 aromatic rings. The molecule has 4 aliphatic rings. The molecule has 34 heavy (non-hydrogen) atoms. The van der Waals surface area contributed by atoms with Crippen LogP contribution in [0.5, 0.6) is 0 Å². The number of allylic oxidation sites excluding steroid dienone is 1. The van der Waals surface area contributed by atoms with Crippen molar-refractivity contribution in [2.24, 2.45) is 22.7 Å². The second-order valence-electron chi connectivity index (χ2n) is 10.7. The van der Waals surface area contributed by atoms with Crippen LogP contribution in [0.25, 0.3) is 0 Å². The standard InChI is InChI=1S/C27H34N2O5/c1-17-7-8-22-26(2,11-9-23-27(22,3)16-33-25(31)34-23)20(17)14-21(19-10-13-32-24(19)30)29-15-18-6-4-5-12-28-18/h4-6,10,12,20-23,29H,1,7-9,11,13-16H2,2-3H3/t20-,21?,22?,23?,26-,27+/m1/s1. The first-order chi connectivity index (χ1) is 16.3. The summed E-state index contributed by atoms with van der Waals surface area (Å²) in [5.74, 6) is 0.311. The highest BCUT2D eigenvalue weighted by Gasteiger charge is 2.61. The van der Waals surface area contributed by atoms with Crippen LogP contribution in [0.15, 0.2) is 48.2 Å². The number of cyclic esters (lactones) is 2. The molecule has 0 radical (unpaired) electrons. The minimum absolute atomic E-state index is 0.0261. The maximum Gasteiger partial charge on any atom is 0.508 e. The van der Waals surface area contributed by atoms with Crippen molar-refractivity contribution < 1.29 is 23.8 Å². The zero-order valence-electron chi connectivity index (χ0n) is 20.0. The molecule has 5 rings (SSSR count). The molecule has 1 saturated heterocycles. The zero-order valence-corrected chi connectivity index (χ0v) is 20.0. The summed E-state index contributed by atoms with van der Waals surface area (Å²) in [5, 5.41) is 3.59. The summed E-state index contributed by atoms with van der Waals surface area (Å²) in [4.78, 5) is 28.8. The number of hydrogen-bond donors (Lipinski definition) is 1. The molecule has 7 heteroatoms. The fourth-order valence-corrected chi connectivity index (χ4v) is 7.10. The minimum atomic E-state index is -0.548. The van der Waals surface area contributed by atoms with E-state index in [0.29, 0.717) is 31.2 Å². The van der Waals surface area contributed by atoms with E-state index in [1.165, 1.54) is 5.57 Å². The molecule has 1 N–H and O–H groups in total. The van der Waals surface area contributed by atoms with Crippen molar-refractivity contribution in [2.45, 2.75) is 64.6 Å². The average molecular weight is 467 g/mol. The Hall–Kier alpha value is -2.67. The Morgan fingerprint density at radius 3 is 2.79 bits per heavy atom. The molecule has 1 aromatic heterocycles. The van der Waals surface area contributed by atoms with Crippen LogP contribution < -0.4 is 5.32 Å². The molecule has 0 spiro atoms. The van der Waals surface area contributed by atoms with E-state index in [1.54, 1.807) is 6.20 Å². The van der Waals surface area contributed by atoms with Gasteiger partial charge in [0, 0.05) is 24.2 Å². The first-order valence-electron chi connectivity index (χ1n) is 12.3. The van der Waals surface area contributed by atoms with Crippen molar-refractivity contribution in [3.05, 3.63) is 53.9 Å². The molecule has 0 amide bonds. The predicted molar refractivity (Wildman–Crippen MR) is 126 cm³/mol. The highest BCUT2D eigenvalue weighted by atomic mass is 16.7. The topological polar surface area (TPSA) is 86.8 Å². The molecule has 3 unspecified atom stereocenters. The normalized spacial score (nSPS) is 35.9. The SMILES string of the molecule is C=C1CCC2[C@]3(C)COC(=O)OC3CC[C@]2(C)[C@@H]1CC(NCc1ccccn1)C1=CCOC1=O. The monoisotopic (exact) mass is 466 g/mol. The van der Waals surface area contributed by atoms with Crippen LogP contribution in [-0.4, -0.2) is 42.5 Å². The summed E-state index contributed by atoms with van der Waals surface area (Å²) in [6.45, 7) is 10.4. The summed E-state index contributed by atoms with van der Waals surface area (Å²) in [7, 11) is 0. The highest BCUT2D eigenvalue weighted by molar-refractivity contribution is 5.91. The number of nitrogens with one attached hydrogen (secondary N) is 1. The molecular weight excluding hydrogens is 432 g/mol. The van der Waals surface area contributed by atoms with E-state index in [9.17, 15) is 9.59 Å². The van der Waals surface area contributed by atoms with Crippen LogP contribution in [0.1, 0.15) is 51.6 Å². The number of ether oxygens (including phenoxy) is 3. The lowest BCUT2D eigenvalue weighted by molar-refractivity contribution is -0.193. The van der Waals surface area contributed by atoms with Crippen molar-refractivity contribution >= 4 is 12.1 Å². The van der Waals surface area contributed by atoms with Gasteiger partial charge in [-0.2, -0.15) is 0 Å². The van der Waals surface area contributed by atoms with Gasteiger partial charge in [-0.1, -0.05) is 32.1 Å². The molecule has 2 saturated carbocycles. The van der Waals surface area contributed by atoms with Crippen LogP contribution in [0.2, 0.25) is 0 Å². The molecule has 6 atom stereocenters. The average Bonchev–Trinajstić information content (AvgIpc) is 3.25. The summed E-state index contributed by atoms with van der Waals surface area (Å²) in [6.07, 6.45) is 7.50. The van der Waals surface area contributed by atoms with Crippen molar-refractivity contribution in [2.75, 3.05) is 13.2 Å². The maximum atomic E-state index is 12.5. The van der Waals surface area contributed by atoms with Gasteiger partial charge in [-0.25, -0.2) is 9.59 Å². The van der Waals surface area contributed by atoms with Gasteiger partial charge in [-0.15, -0.1) is 0 Å². The Bertz CT molecular complexity index is 1010. The van der Waals surface area contributed by atoms with E-state index in [4.69, 9.17) is 14.2 Å². The Balaban J connectivity index is 1.41. The molecule has 182 valence electrons. The van der Waals surface area contributed by atoms with Gasteiger partial charge >= 0.3 is 12.1 Å². The van der Waals surface area contributed by atoms with E-state index in [2.05, 4.69) is 30.7 Å². The largest absolute Gasteiger partial charge is 0.508 e. The van der Waals surface area contributed by atoms with Gasteiger partial charge in [-0.3, -0.25) is 4.98 Å². The van der Waals surface area contributed by atoms with Gasteiger partial charge in [0.15, 0.2) is 0 Å². The van der Waals surface area contributed by atoms with Gasteiger partial charge in [0.1, 0.15) is 19.3 Å². The van der Waals surface area contributed by atoms with Gasteiger partial charge in [0.2, 0.25) is 0 Å². The lowest BCUT2D eigenvalue weighted by Crippen LogP contribution is -2.61. The number of nitrogens with zero attached hydrogens (tertiary/aromatic N) is 1. The lowest BCUT2D eigenvalue weighted by Gasteiger charge is -2.61. The highest BCUT2D eigenvalue weighted by Crippen LogP contribution is 2.63. The van der Waals surface area contributed by atoms with E-state index in [-0.39, 0.29) is 34.9 Å². The Kier molecular flexibility index (Phi) is 6.00. The number of hydrogen-bond acceptors (Lipinski definition) is 7. The molecule has 7 nitrogen and oxygen atoms in total. The smallest absolute Gasteiger partial charge is 0.458 e. The summed E-state index contributed by atoms with van der Waals surface area (Å²) < 4.78 is 16.3. The lowest BCUT2D eigenvalue weighted by atomic mass is 9.45. The second kappa shape index (κ2) is 8.84. The van der Waals surface area contributed by atoms with E-state index < -0.39 is 6.16 Å². The van der Waals surface area contributed by atoms with Gasteiger partial charge in [0.05, 0.1) is 11.3 Å². The fraction of sp³-hybridized carbons (Fsp3) is 0.593.